The van der Waals surface area contributed by atoms with E-state index in [9.17, 15) is 39.9 Å². The molecular formula is C35H29F10NO2. The molecular weight excluding hydrogens is 656 g/mol. The number of halogens is 10. The van der Waals surface area contributed by atoms with Gasteiger partial charge in [-0.05, 0) is 77.4 Å². The molecule has 0 fully saturated rings. The van der Waals surface area contributed by atoms with Gasteiger partial charge in [-0.1, -0.05) is 56.3 Å². The van der Waals surface area contributed by atoms with Crippen molar-refractivity contribution in [1.29, 1.82) is 0 Å². The number of hydrogen-bond donors (Lipinski definition) is 1. The Kier molecular flexibility index (Phi) is 10.8. The lowest BCUT2D eigenvalue weighted by molar-refractivity contribution is -0.253. The van der Waals surface area contributed by atoms with E-state index in [-0.39, 0.29) is 41.5 Å². The summed E-state index contributed by atoms with van der Waals surface area (Å²) in [6, 6.07) is 15.0. The van der Waals surface area contributed by atoms with E-state index in [2.05, 4.69) is 10.1 Å². The maximum Gasteiger partial charge on any atom is 0.461 e. The largest absolute Gasteiger partial charge is 0.461 e. The van der Waals surface area contributed by atoms with Crippen LogP contribution in [0, 0.1) is 23.4 Å². The van der Waals surface area contributed by atoms with E-state index in [0.717, 1.165) is 24.3 Å². The van der Waals surface area contributed by atoms with Crippen LogP contribution in [0.2, 0.25) is 0 Å². The van der Waals surface area contributed by atoms with Crippen molar-refractivity contribution in [2.24, 2.45) is 5.92 Å². The molecule has 48 heavy (non-hydrogen) atoms. The van der Waals surface area contributed by atoms with E-state index in [0.29, 0.717) is 24.1 Å². The van der Waals surface area contributed by atoms with E-state index >= 15 is 8.78 Å². The monoisotopic (exact) mass is 685 g/mol. The van der Waals surface area contributed by atoms with Crippen LogP contribution in [0.4, 0.5) is 43.9 Å². The molecule has 1 amide bonds. The number of benzene rings is 4. The van der Waals surface area contributed by atoms with Crippen LogP contribution in [0.1, 0.15) is 58.4 Å². The van der Waals surface area contributed by atoms with Crippen LogP contribution in [-0.4, -0.2) is 18.4 Å². The second kappa shape index (κ2) is 14.3. The standard InChI is InChI=1S/C35H29F10NO2/c1-20(2)8-9-22-14-24(11-13-29(22)37)33(19-21-6-4-3-5-7-21,25-16-26(36)18-27(17-25)48-35(44,45)32(39)40)46-31(47)23-10-12-30(38)28(15-23)34(41,42)43/h3-7,10-18,20,32H,8-9,19H2,1-2H3,(H,46,47)/t33-/m1/s1. The van der Waals surface area contributed by atoms with Crippen molar-refractivity contribution in [2.75, 3.05) is 0 Å². The van der Waals surface area contributed by atoms with Crippen molar-refractivity contribution >= 4 is 5.91 Å². The van der Waals surface area contributed by atoms with Crippen molar-refractivity contribution in [1.82, 2.24) is 5.32 Å². The second-order valence-electron chi connectivity index (χ2n) is 11.6. The normalized spacial score (nSPS) is 13.5. The van der Waals surface area contributed by atoms with Crippen LogP contribution in [0.3, 0.4) is 0 Å². The van der Waals surface area contributed by atoms with Crippen molar-refractivity contribution in [3.05, 3.63) is 136 Å². The molecule has 13 heteroatoms. The molecule has 0 aromatic heterocycles. The first-order valence-corrected chi connectivity index (χ1v) is 14.6. The summed E-state index contributed by atoms with van der Waals surface area (Å²) in [5, 5.41) is 2.57. The summed E-state index contributed by atoms with van der Waals surface area (Å²) in [5.41, 5.74) is -4.28. The summed E-state index contributed by atoms with van der Waals surface area (Å²) in [6.45, 7) is 3.78. The van der Waals surface area contributed by atoms with Gasteiger partial charge in [-0.3, -0.25) is 4.79 Å². The predicted octanol–water partition coefficient (Wildman–Crippen LogP) is 9.86. The highest BCUT2D eigenvalue weighted by molar-refractivity contribution is 5.95. The Morgan fingerprint density at radius 2 is 1.46 bits per heavy atom. The minimum atomic E-state index is -5.19. The number of carbonyl (C=O) groups is 1. The second-order valence-corrected chi connectivity index (χ2v) is 11.6. The molecule has 4 rings (SSSR count). The van der Waals surface area contributed by atoms with Crippen LogP contribution < -0.4 is 10.1 Å². The van der Waals surface area contributed by atoms with Gasteiger partial charge in [0.2, 0.25) is 0 Å². The number of rotatable bonds is 12. The molecule has 0 saturated carbocycles. The molecule has 0 heterocycles. The molecule has 1 atom stereocenters. The number of hydrogen-bond acceptors (Lipinski definition) is 2. The molecule has 0 spiro atoms. The number of alkyl halides is 7. The van der Waals surface area contributed by atoms with Gasteiger partial charge in [-0.25, -0.2) is 13.2 Å². The maximum absolute atomic E-state index is 15.2. The van der Waals surface area contributed by atoms with E-state index in [1.807, 2.05) is 13.8 Å². The highest BCUT2D eigenvalue weighted by Crippen LogP contribution is 2.39. The van der Waals surface area contributed by atoms with Crippen LogP contribution in [0.5, 0.6) is 5.75 Å². The Morgan fingerprint density at radius 1 is 0.792 bits per heavy atom. The SMILES string of the molecule is CC(C)CCc1cc([C@@](Cc2ccccc2)(NC(=O)c2ccc(F)c(C(F)(F)F)c2)c2cc(F)cc(OC(F)(F)C(F)F)c2)ccc1F. The van der Waals surface area contributed by atoms with E-state index in [4.69, 9.17) is 0 Å². The van der Waals surface area contributed by atoms with Gasteiger partial charge in [0, 0.05) is 18.1 Å². The molecule has 0 aliphatic carbocycles. The van der Waals surface area contributed by atoms with Gasteiger partial charge in [0.1, 0.15) is 23.2 Å². The molecule has 4 aromatic carbocycles. The Morgan fingerprint density at radius 3 is 2.08 bits per heavy atom. The first-order chi connectivity index (χ1) is 22.4. The van der Waals surface area contributed by atoms with E-state index in [1.54, 1.807) is 30.3 Å². The molecule has 0 radical (unpaired) electrons. The molecule has 1 N–H and O–H groups in total. The van der Waals surface area contributed by atoms with Crippen LogP contribution >= 0.6 is 0 Å². The summed E-state index contributed by atoms with van der Waals surface area (Å²) in [6.07, 6.45) is -14.2. The summed E-state index contributed by atoms with van der Waals surface area (Å²) < 4.78 is 143. The molecule has 0 unspecified atom stereocenters. The van der Waals surface area contributed by atoms with Gasteiger partial charge in [-0.2, -0.15) is 30.7 Å². The van der Waals surface area contributed by atoms with E-state index < -0.39 is 64.5 Å². The molecule has 0 aliphatic rings. The number of aryl methyl sites for hydroxylation is 1. The number of nitrogens with one attached hydrogen (secondary N) is 1. The average Bonchev–Trinajstić information content (AvgIpc) is 2.99. The van der Waals surface area contributed by atoms with Crippen LogP contribution in [0.25, 0.3) is 0 Å². The molecule has 4 aromatic rings. The molecule has 256 valence electrons. The first-order valence-electron chi connectivity index (χ1n) is 14.6. The smallest absolute Gasteiger partial charge is 0.428 e. The summed E-state index contributed by atoms with van der Waals surface area (Å²) >= 11 is 0. The molecule has 0 bridgehead atoms. The minimum Gasteiger partial charge on any atom is -0.428 e. The van der Waals surface area contributed by atoms with Gasteiger partial charge < -0.3 is 10.1 Å². The Bertz CT molecular complexity index is 1740. The van der Waals surface area contributed by atoms with Gasteiger partial charge in [0.25, 0.3) is 5.91 Å². The topological polar surface area (TPSA) is 38.3 Å². The third kappa shape index (κ3) is 8.48. The zero-order valence-electron chi connectivity index (χ0n) is 25.5. The van der Waals surface area contributed by atoms with Gasteiger partial charge in [0.15, 0.2) is 0 Å². The van der Waals surface area contributed by atoms with Crippen molar-refractivity contribution in [3.63, 3.8) is 0 Å². The molecule has 3 nitrogen and oxygen atoms in total. The fourth-order valence-electron chi connectivity index (χ4n) is 5.16. The first kappa shape index (κ1) is 36.3. The van der Waals surface area contributed by atoms with Gasteiger partial charge in [-0.15, -0.1) is 0 Å². The minimum absolute atomic E-state index is 0.0372. The van der Waals surface area contributed by atoms with Gasteiger partial charge >= 0.3 is 18.7 Å². The quantitative estimate of drug-likeness (QED) is 0.151. The van der Waals surface area contributed by atoms with Crippen molar-refractivity contribution in [3.8, 4) is 5.75 Å². The van der Waals surface area contributed by atoms with E-state index in [1.165, 1.54) is 12.1 Å². The highest BCUT2D eigenvalue weighted by atomic mass is 19.4. The lowest BCUT2D eigenvalue weighted by atomic mass is 9.76. The van der Waals surface area contributed by atoms with Crippen molar-refractivity contribution in [2.45, 2.75) is 57.4 Å². The van der Waals surface area contributed by atoms with Crippen LogP contribution in [0.15, 0.2) is 84.9 Å². The summed E-state index contributed by atoms with van der Waals surface area (Å²) in [7, 11) is 0. The average molecular weight is 686 g/mol. The Labute approximate surface area is 269 Å². The van der Waals surface area contributed by atoms with Crippen LogP contribution in [-0.2, 0) is 24.6 Å². The Hall–Kier alpha value is -4.55. The predicted molar refractivity (Wildman–Crippen MR) is 157 cm³/mol. The third-order valence-electron chi connectivity index (χ3n) is 7.57. The molecule has 0 saturated heterocycles. The number of carbonyl (C=O) groups excluding carboxylic acids is 1. The zero-order valence-corrected chi connectivity index (χ0v) is 25.5. The fraction of sp³-hybridized carbons (Fsp3) is 0.286. The lowest BCUT2D eigenvalue weighted by Crippen LogP contribution is -2.49. The lowest BCUT2D eigenvalue weighted by Gasteiger charge is -2.37. The zero-order chi connectivity index (χ0) is 35.4. The maximum atomic E-state index is 15.2. The summed E-state index contributed by atoms with van der Waals surface area (Å²) in [4.78, 5) is 13.8. The number of amides is 1. The number of ether oxygens (including phenoxy) is 1. The Balaban J connectivity index is 2.01. The fourth-order valence-corrected chi connectivity index (χ4v) is 5.16. The molecule has 0 aliphatic heterocycles. The van der Waals surface area contributed by atoms with Gasteiger partial charge in [0.05, 0.1) is 11.1 Å². The summed E-state index contributed by atoms with van der Waals surface area (Å²) in [5.74, 6) is -5.74. The van der Waals surface area contributed by atoms with Crippen molar-refractivity contribution < 1.29 is 53.4 Å². The third-order valence-corrected chi connectivity index (χ3v) is 7.57. The highest BCUT2D eigenvalue weighted by Gasteiger charge is 2.45.